The van der Waals surface area contributed by atoms with E-state index in [4.69, 9.17) is 4.74 Å². The van der Waals surface area contributed by atoms with Crippen molar-refractivity contribution in [2.24, 2.45) is 16.7 Å². The van der Waals surface area contributed by atoms with Gasteiger partial charge in [0, 0.05) is 0 Å². The van der Waals surface area contributed by atoms with Crippen molar-refractivity contribution in [3.05, 3.63) is 48.6 Å². The SMILES string of the molecule is C=CC(C)(C)C[C@](C)(CC)[C@@H]1COC1=O.CCc1ccccc1. The standard InChI is InChI=1S/C13H22O2.C8H10/c1-6-12(3,4)9-13(5,7-2)10-8-15-11(10)14;1-2-8-6-4-3-5-7-8/h6,10H,1,7-9H2,2-5H3;3-7H,2H2,1H3/t10-,13+;/m1./s1. The van der Waals surface area contributed by atoms with Crippen LogP contribution in [0.25, 0.3) is 0 Å². The van der Waals surface area contributed by atoms with Crippen molar-refractivity contribution in [2.75, 3.05) is 6.61 Å². The quantitative estimate of drug-likeness (QED) is 0.517. The Labute approximate surface area is 141 Å². The van der Waals surface area contributed by atoms with Gasteiger partial charge >= 0.3 is 5.97 Å². The maximum atomic E-state index is 11.4. The second kappa shape index (κ2) is 8.33. The molecule has 0 aromatic heterocycles. The summed E-state index contributed by atoms with van der Waals surface area (Å²) in [7, 11) is 0. The number of cyclic esters (lactones) is 1. The number of esters is 1. The fraction of sp³-hybridized carbons (Fsp3) is 0.571. The minimum Gasteiger partial charge on any atom is -0.464 e. The van der Waals surface area contributed by atoms with E-state index in [-0.39, 0.29) is 22.7 Å². The first-order valence-corrected chi connectivity index (χ1v) is 8.62. The first-order chi connectivity index (χ1) is 10.8. The average Bonchev–Trinajstić information content (AvgIpc) is 2.54. The zero-order valence-corrected chi connectivity index (χ0v) is 15.4. The summed E-state index contributed by atoms with van der Waals surface area (Å²) in [5, 5.41) is 0. The summed E-state index contributed by atoms with van der Waals surface area (Å²) in [6.07, 6.45) is 5.11. The number of carbonyl (C=O) groups excluding carboxylic acids is 1. The van der Waals surface area contributed by atoms with Gasteiger partial charge in [-0.25, -0.2) is 0 Å². The molecule has 0 amide bonds. The van der Waals surface area contributed by atoms with Crippen LogP contribution in [-0.2, 0) is 16.0 Å². The van der Waals surface area contributed by atoms with Gasteiger partial charge in [0.2, 0.25) is 0 Å². The Kier molecular flexibility index (Phi) is 7.05. The van der Waals surface area contributed by atoms with Crippen LogP contribution < -0.4 is 0 Å². The van der Waals surface area contributed by atoms with Gasteiger partial charge in [-0.15, -0.1) is 6.58 Å². The number of carbonyl (C=O) groups is 1. The monoisotopic (exact) mass is 316 g/mol. The molecular formula is C21H32O2. The molecule has 2 heteroatoms. The lowest BCUT2D eigenvalue weighted by atomic mass is 9.65. The molecule has 0 bridgehead atoms. The zero-order chi connectivity index (χ0) is 17.5. The highest BCUT2D eigenvalue weighted by Crippen LogP contribution is 2.45. The van der Waals surface area contributed by atoms with E-state index in [2.05, 4.69) is 65.5 Å². The van der Waals surface area contributed by atoms with Gasteiger partial charge in [0.1, 0.15) is 6.61 Å². The predicted octanol–water partition coefficient (Wildman–Crippen LogP) is 5.43. The van der Waals surface area contributed by atoms with Crippen molar-refractivity contribution in [1.82, 2.24) is 0 Å². The van der Waals surface area contributed by atoms with Crippen molar-refractivity contribution in [3.63, 3.8) is 0 Å². The molecule has 2 rings (SSSR count). The second-order valence-corrected chi connectivity index (χ2v) is 7.40. The van der Waals surface area contributed by atoms with Gasteiger partial charge in [-0.05, 0) is 35.7 Å². The Morgan fingerprint density at radius 1 is 1.22 bits per heavy atom. The van der Waals surface area contributed by atoms with Crippen LogP contribution in [0.5, 0.6) is 0 Å². The predicted molar refractivity (Wildman–Crippen MR) is 97.3 cm³/mol. The van der Waals surface area contributed by atoms with Gasteiger partial charge in [-0.1, -0.05) is 71.0 Å². The van der Waals surface area contributed by atoms with Crippen LogP contribution in [0.3, 0.4) is 0 Å². The number of allylic oxidation sites excluding steroid dienone is 1. The number of rotatable bonds is 6. The summed E-state index contributed by atoms with van der Waals surface area (Å²) in [6, 6.07) is 10.5. The van der Waals surface area contributed by atoms with E-state index in [1.165, 1.54) is 5.56 Å². The van der Waals surface area contributed by atoms with Gasteiger partial charge < -0.3 is 4.74 Å². The number of hydrogen-bond acceptors (Lipinski definition) is 2. The molecule has 0 N–H and O–H groups in total. The Bertz CT molecular complexity index is 504. The highest BCUT2D eigenvalue weighted by molar-refractivity contribution is 5.78. The first kappa shape index (κ1) is 19.5. The highest BCUT2D eigenvalue weighted by atomic mass is 16.6. The third kappa shape index (κ3) is 5.53. The third-order valence-corrected chi connectivity index (χ3v) is 4.99. The molecule has 128 valence electrons. The van der Waals surface area contributed by atoms with E-state index in [1.54, 1.807) is 0 Å². The molecule has 0 aliphatic carbocycles. The molecule has 1 heterocycles. The van der Waals surface area contributed by atoms with Crippen molar-refractivity contribution >= 4 is 5.97 Å². The molecular weight excluding hydrogens is 284 g/mol. The summed E-state index contributed by atoms with van der Waals surface area (Å²) in [5.41, 5.74) is 1.54. The minimum atomic E-state index is -0.0285. The van der Waals surface area contributed by atoms with E-state index >= 15 is 0 Å². The van der Waals surface area contributed by atoms with E-state index in [1.807, 2.05) is 12.1 Å². The third-order valence-electron chi connectivity index (χ3n) is 4.99. The van der Waals surface area contributed by atoms with Crippen molar-refractivity contribution < 1.29 is 9.53 Å². The fourth-order valence-electron chi connectivity index (χ4n) is 3.04. The number of hydrogen-bond donors (Lipinski definition) is 0. The summed E-state index contributed by atoms with van der Waals surface area (Å²) >= 11 is 0. The van der Waals surface area contributed by atoms with Gasteiger partial charge in [-0.2, -0.15) is 0 Å². The lowest BCUT2D eigenvalue weighted by molar-refractivity contribution is -0.180. The van der Waals surface area contributed by atoms with E-state index in [0.717, 1.165) is 19.3 Å². The summed E-state index contributed by atoms with van der Waals surface area (Å²) in [5.74, 6) is 0.0564. The van der Waals surface area contributed by atoms with Gasteiger partial charge in [0.25, 0.3) is 0 Å². The Morgan fingerprint density at radius 3 is 2.13 bits per heavy atom. The van der Waals surface area contributed by atoms with Gasteiger partial charge in [0.05, 0.1) is 5.92 Å². The van der Waals surface area contributed by atoms with E-state index in [9.17, 15) is 4.79 Å². The Morgan fingerprint density at radius 2 is 1.83 bits per heavy atom. The maximum absolute atomic E-state index is 11.4. The molecule has 1 aromatic rings. The normalized spacial score (nSPS) is 19.5. The van der Waals surface area contributed by atoms with Crippen LogP contribution in [0.15, 0.2) is 43.0 Å². The molecule has 1 aliphatic heterocycles. The van der Waals surface area contributed by atoms with Crippen LogP contribution in [-0.4, -0.2) is 12.6 Å². The van der Waals surface area contributed by atoms with Crippen molar-refractivity contribution in [1.29, 1.82) is 0 Å². The Hall–Kier alpha value is -1.57. The maximum Gasteiger partial charge on any atom is 0.312 e. The number of ether oxygens (including phenoxy) is 1. The molecule has 1 fully saturated rings. The molecule has 23 heavy (non-hydrogen) atoms. The average molecular weight is 316 g/mol. The summed E-state index contributed by atoms with van der Waals surface area (Å²) in [6.45, 7) is 15.3. The molecule has 1 saturated heterocycles. The molecule has 2 nitrogen and oxygen atoms in total. The smallest absolute Gasteiger partial charge is 0.312 e. The molecule has 2 atom stereocenters. The van der Waals surface area contributed by atoms with Crippen LogP contribution in [0.4, 0.5) is 0 Å². The lowest BCUT2D eigenvalue weighted by Crippen LogP contribution is -2.47. The van der Waals surface area contributed by atoms with Crippen LogP contribution in [0, 0.1) is 16.7 Å². The molecule has 1 aromatic carbocycles. The molecule has 0 saturated carbocycles. The minimum absolute atomic E-state index is 0.0285. The van der Waals surface area contributed by atoms with E-state index < -0.39 is 0 Å². The first-order valence-electron chi connectivity index (χ1n) is 8.62. The van der Waals surface area contributed by atoms with Crippen LogP contribution in [0.1, 0.15) is 53.0 Å². The van der Waals surface area contributed by atoms with Gasteiger partial charge in [0.15, 0.2) is 0 Å². The van der Waals surface area contributed by atoms with Crippen LogP contribution in [0.2, 0.25) is 0 Å². The second-order valence-electron chi connectivity index (χ2n) is 7.40. The Balaban J connectivity index is 0.000000277. The summed E-state index contributed by atoms with van der Waals surface area (Å²) < 4.78 is 4.87. The zero-order valence-electron chi connectivity index (χ0n) is 15.4. The van der Waals surface area contributed by atoms with Gasteiger partial charge in [-0.3, -0.25) is 4.79 Å². The fourth-order valence-corrected chi connectivity index (χ4v) is 3.04. The largest absolute Gasteiger partial charge is 0.464 e. The van der Waals surface area contributed by atoms with E-state index in [0.29, 0.717) is 6.61 Å². The van der Waals surface area contributed by atoms with Crippen molar-refractivity contribution in [2.45, 2.75) is 53.9 Å². The van der Waals surface area contributed by atoms with Crippen molar-refractivity contribution in [3.8, 4) is 0 Å². The topological polar surface area (TPSA) is 26.3 Å². The number of aryl methyl sites for hydroxylation is 1. The molecule has 0 unspecified atom stereocenters. The molecule has 0 spiro atoms. The highest BCUT2D eigenvalue weighted by Gasteiger charge is 2.47. The summed E-state index contributed by atoms with van der Waals surface area (Å²) in [4.78, 5) is 11.4. The number of benzene rings is 1. The molecule has 0 radical (unpaired) electrons. The molecule has 1 aliphatic rings. The lowest BCUT2D eigenvalue weighted by Gasteiger charge is -2.43. The van der Waals surface area contributed by atoms with Crippen LogP contribution >= 0.6 is 0 Å².